The molecule has 1 aromatic heterocycles. The van der Waals surface area contributed by atoms with Crippen molar-refractivity contribution in [2.75, 3.05) is 39.5 Å². The van der Waals surface area contributed by atoms with Crippen LogP contribution in [0.3, 0.4) is 0 Å². The lowest BCUT2D eigenvalue weighted by Crippen LogP contribution is -2.42. The number of ether oxygens (including phenoxy) is 2. The Morgan fingerprint density at radius 1 is 1.07 bits per heavy atom. The highest BCUT2D eigenvalue weighted by molar-refractivity contribution is 5.88. The van der Waals surface area contributed by atoms with Gasteiger partial charge in [0.15, 0.2) is 0 Å². The van der Waals surface area contributed by atoms with Crippen LogP contribution < -0.4 is 4.74 Å². The van der Waals surface area contributed by atoms with Crippen molar-refractivity contribution in [3.05, 3.63) is 48.8 Å². The third-order valence-corrected chi connectivity index (χ3v) is 5.68. The predicted octanol–water partition coefficient (Wildman–Crippen LogP) is 3.11. The Labute approximate surface area is 170 Å². The van der Waals surface area contributed by atoms with Gasteiger partial charge in [-0.15, -0.1) is 0 Å². The van der Waals surface area contributed by atoms with Crippen molar-refractivity contribution >= 4 is 10.8 Å². The Kier molecular flexibility index (Phi) is 5.23. The number of aliphatic hydroxyl groups excluding tert-OH is 1. The fourth-order valence-electron chi connectivity index (χ4n) is 3.85. The molecule has 1 unspecified atom stereocenters. The molecule has 0 bridgehead atoms. The van der Waals surface area contributed by atoms with Crippen molar-refractivity contribution in [3.63, 3.8) is 0 Å². The first-order valence-corrected chi connectivity index (χ1v) is 10.4. The fraction of sp³-hybridized carbons (Fsp3) is 0.435. The number of rotatable bonds is 7. The quantitative estimate of drug-likeness (QED) is 0.668. The Hall–Kier alpha value is -2.41. The lowest BCUT2D eigenvalue weighted by Gasteiger charge is -2.28. The summed E-state index contributed by atoms with van der Waals surface area (Å²) < 4.78 is 13.3. The molecule has 2 heterocycles. The number of morpholine rings is 1. The molecule has 29 heavy (non-hydrogen) atoms. The van der Waals surface area contributed by atoms with E-state index in [0.29, 0.717) is 19.2 Å². The van der Waals surface area contributed by atoms with Gasteiger partial charge in [0.25, 0.3) is 0 Å². The minimum atomic E-state index is -0.505. The standard InChI is InChI=1S/C23H27N3O3/c27-22(15-25-7-9-28-10-8-25)16-29-23-6-3-17-11-18(1-2-19(17)12-23)20-13-24-26(14-20)21-4-5-21/h1-3,6,11-14,21-22,27H,4-5,7-10,15-16H2. The van der Waals surface area contributed by atoms with Crippen LogP contribution in [0, 0.1) is 0 Å². The molecule has 1 aliphatic carbocycles. The van der Waals surface area contributed by atoms with Crippen LogP contribution in [0.15, 0.2) is 48.8 Å². The van der Waals surface area contributed by atoms with E-state index in [2.05, 4.69) is 45.1 Å². The molecule has 152 valence electrons. The van der Waals surface area contributed by atoms with Gasteiger partial charge in [-0.3, -0.25) is 9.58 Å². The number of hydrogen-bond donors (Lipinski definition) is 1. The van der Waals surface area contributed by atoms with Crippen LogP contribution in [-0.2, 0) is 4.74 Å². The first kappa shape index (κ1) is 18.6. The van der Waals surface area contributed by atoms with Crippen molar-refractivity contribution in [2.45, 2.75) is 25.0 Å². The molecule has 1 aliphatic heterocycles. The minimum absolute atomic E-state index is 0.293. The van der Waals surface area contributed by atoms with Gasteiger partial charge in [-0.05, 0) is 47.4 Å². The Bertz CT molecular complexity index is 976. The molecular formula is C23H27N3O3. The van der Waals surface area contributed by atoms with Gasteiger partial charge >= 0.3 is 0 Å². The van der Waals surface area contributed by atoms with Gasteiger partial charge in [0.1, 0.15) is 18.5 Å². The summed E-state index contributed by atoms with van der Waals surface area (Å²) in [5.41, 5.74) is 2.34. The van der Waals surface area contributed by atoms with E-state index in [1.807, 2.05) is 18.3 Å². The molecule has 2 aliphatic rings. The van der Waals surface area contributed by atoms with Crippen LogP contribution in [0.5, 0.6) is 5.75 Å². The molecule has 1 saturated heterocycles. The van der Waals surface area contributed by atoms with Gasteiger partial charge < -0.3 is 14.6 Å². The smallest absolute Gasteiger partial charge is 0.120 e. The van der Waals surface area contributed by atoms with Gasteiger partial charge in [-0.2, -0.15) is 5.10 Å². The summed E-state index contributed by atoms with van der Waals surface area (Å²) >= 11 is 0. The molecule has 0 amide bonds. The normalized spacial score (nSPS) is 18.8. The highest BCUT2D eigenvalue weighted by Gasteiger charge is 2.24. The Morgan fingerprint density at radius 2 is 1.86 bits per heavy atom. The van der Waals surface area contributed by atoms with Gasteiger partial charge in [0, 0.05) is 31.4 Å². The van der Waals surface area contributed by atoms with Crippen molar-refractivity contribution in [3.8, 4) is 16.9 Å². The second-order valence-electron chi connectivity index (χ2n) is 8.04. The SMILES string of the molecule is OC(COc1ccc2cc(-c3cnn(C4CC4)c3)ccc2c1)CN1CCOCC1. The lowest BCUT2D eigenvalue weighted by molar-refractivity contribution is 0.00467. The maximum atomic E-state index is 10.3. The van der Waals surface area contributed by atoms with E-state index in [0.717, 1.165) is 43.0 Å². The van der Waals surface area contributed by atoms with E-state index in [4.69, 9.17) is 9.47 Å². The molecule has 1 N–H and O–H groups in total. The number of nitrogens with zero attached hydrogens (tertiary/aromatic N) is 3. The first-order chi connectivity index (χ1) is 14.2. The lowest BCUT2D eigenvalue weighted by atomic mass is 10.0. The third-order valence-electron chi connectivity index (χ3n) is 5.68. The molecule has 2 fully saturated rings. The van der Waals surface area contributed by atoms with Crippen LogP contribution >= 0.6 is 0 Å². The Balaban J connectivity index is 1.23. The van der Waals surface area contributed by atoms with Gasteiger partial charge in [0.2, 0.25) is 0 Å². The predicted molar refractivity (Wildman–Crippen MR) is 112 cm³/mol. The van der Waals surface area contributed by atoms with Gasteiger partial charge in [-0.1, -0.05) is 18.2 Å². The van der Waals surface area contributed by atoms with Gasteiger partial charge in [0.05, 0.1) is 25.5 Å². The number of benzene rings is 2. The molecule has 0 spiro atoms. The van der Waals surface area contributed by atoms with Gasteiger partial charge in [-0.25, -0.2) is 0 Å². The molecule has 0 radical (unpaired) electrons. The van der Waals surface area contributed by atoms with Crippen molar-refractivity contribution in [1.29, 1.82) is 0 Å². The van der Waals surface area contributed by atoms with E-state index in [1.165, 1.54) is 23.8 Å². The second-order valence-corrected chi connectivity index (χ2v) is 8.04. The van der Waals surface area contributed by atoms with Crippen LogP contribution in [0.2, 0.25) is 0 Å². The maximum Gasteiger partial charge on any atom is 0.120 e. The second kappa shape index (κ2) is 8.14. The molecule has 2 aromatic carbocycles. The number of β-amino-alcohol motifs (C(OH)–C–C–N with tert-alkyl or cyclic N) is 1. The molecule has 1 atom stereocenters. The fourth-order valence-corrected chi connectivity index (χ4v) is 3.85. The molecule has 1 saturated carbocycles. The topological polar surface area (TPSA) is 59.8 Å². The molecule has 5 rings (SSSR count). The summed E-state index contributed by atoms with van der Waals surface area (Å²) in [6.07, 6.45) is 6.07. The van der Waals surface area contributed by atoms with E-state index >= 15 is 0 Å². The summed E-state index contributed by atoms with van der Waals surface area (Å²) in [4.78, 5) is 2.21. The Morgan fingerprint density at radius 3 is 2.69 bits per heavy atom. The van der Waals surface area contributed by atoms with E-state index in [9.17, 15) is 5.11 Å². The first-order valence-electron chi connectivity index (χ1n) is 10.4. The number of aliphatic hydroxyl groups is 1. The monoisotopic (exact) mass is 393 g/mol. The summed E-state index contributed by atoms with van der Waals surface area (Å²) in [5, 5.41) is 17.1. The molecular weight excluding hydrogens is 366 g/mol. The third kappa shape index (κ3) is 4.45. The number of hydrogen-bond acceptors (Lipinski definition) is 5. The van der Waals surface area contributed by atoms with Crippen molar-refractivity contribution in [2.24, 2.45) is 0 Å². The minimum Gasteiger partial charge on any atom is -0.491 e. The summed E-state index contributed by atoms with van der Waals surface area (Å²) in [5.74, 6) is 0.785. The highest BCUT2D eigenvalue weighted by atomic mass is 16.5. The van der Waals surface area contributed by atoms with E-state index < -0.39 is 6.10 Å². The average molecular weight is 393 g/mol. The maximum absolute atomic E-state index is 10.3. The summed E-state index contributed by atoms with van der Waals surface area (Å²) in [7, 11) is 0. The molecule has 3 aromatic rings. The average Bonchev–Trinajstić information content (AvgIpc) is 3.49. The van der Waals surface area contributed by atoms with Crippen LogP contribution in [0.1, 0.15) is 18.9 Å². The van der Waals surface area contributed by atoms with Crippen LogP contribution in [0.25, 0.3) is 21.9 Å². The summed E-state index contributed by atoms with van der Waals surface area (Å²) in [6.45, 7) is 4.13. The van der Waals surface area contributed by atoms with Crippen molar-refractivity contribution in [1.82, 2.24) is 14.7 Å². The number of aromatic nitrogens is 2. The van der Waals surface area contributed by atoms with E-state index in [-0.39, 0.29) is 0 Å². The van der Waals surface area contributed by atoms with Crippen LogP contribution in [0.4, 0.5) is 0 Å². The zero-order chi connectivity index (χ0) is 19.6. The summed E-state index contributed by atoms with van der Waals surface area (Å²) in [6, 6.07) is 13.1. The number of fused-ring (bicyclic) bond motifs is 1. The van der Waals surface area contributed by atoms with Crippen LogP contribution in [-0.4, -0.2) is 65.3 Å². The largest absolute Gasteiger partial charge is 0.491 e. The van der Waals surface area contributed by atoms with Crippen molar-refractivity contribution < 1.29 is 14.6 Å². The van der Waals surface area contributed by atoms with E-state index in [1.54, 1.807) is 0 Å². The zero-order valence-corrected chi connectivity index (χ0v) is 16.5. The molecule has 6 nitrogen and oxygen atoms in total. The highest BCUT2D eigenvalue weighted by Crippen LogP contribution is 2.35. The molecule has 6 heteroatoms. The zero-order valence-electron chi connectivity index (χ0n) is 16.5.